The molecular weight excluding hydrogens is 259 g/mol. The lowest BCUT2D eigenvalue weighted by molar-refractivity contribution is -0.182. The maximum absolute atomic E-state index is 9.19. The highest BCUT2D eigenvalue weighted by molar-refractivity contribution is 14.1. The van der Waals surface area contributed by atoms with Crippen LogP contribution in [0.15, 0.2) is 0 Å². The van der Waals surface area contributed by atoms with Crippen LogP contribution in [0.2, 0.25) is 0 Å². The van der Waals surface area contributed by atoms with Gasteiger partial charge in [0, 0.05) is 13.5 Å². The van der Waals surface area contributed by atoms with E-state index in [1.165, 1.54) is 0 Å². The largest absolute Gasteiger partial charge is 0.380 e. The van der Waals surface area contributed by atoms with Gasteiger partial charge in [-0.2, -0.15) is 0 Å². The van der Waals surface area contributed by atoms with Crippen LogP contribution in [0.1, 0.15) is 13.3 Å². The maximum atomic E-state index is 9.19. The monoisotopic (exact) mass is 272 g/mol. The highest BCUT2D eigenvalue weighted by Crippen LogP contribution is 2.26. The Kier molecular flexibility index (Phi) is 3.54. The number of halogens is 1. The number of aliphatic hydroxyl groups excluding tert-OH is 1. The molecule has 66 valence electrons. The third kappa shape index (κ3) is 2.27. The molecule has 0 radical (unpaired) electrons. The van der Waals surface area contributed by atoms with Gasteiger partial charge in [0.1, 0.15) is 0 Å². The molecule has 0 saturated carbocycles. The van der Waals surface area contributed by atoms with Crippen molar-refractivity contribution in [2.45, 2.75) is 35.8 Å². The van der Waals surface area contributed by atoms with Crippen molar-refractivity contribution in [3.05, 3.63) is 0 Å². The third-order valence-corrected chi connectivity index (χ3v) is 3.73. The van der Waals surface area contributed by atoms with E-state index < -0.39 is 6.29 Å². The van der Waals surface area contributed by atoms with E-state index in [4.69, 9.17) is 9.47 Å². The van der Waals surface area contributed by atoms with E-state index in [2.05, 4.69) is 22.6 Å². The molecule has 1 heterocycles. The Morgan fingerprint density at radius 1 is 1.64 bits per heavy atom. The lowest BCUT2D eigenvalue weighted by Gasteiger charge is -2.34. The second-order valence-corrected chi connectivity index (χ2v) is 4.19. The first-order chi connectivity index (χ1) is 5.15. The first-order valence-electron chi connectivity index (χ1n) is 3.65. The number of aliphatic hydroxyl groups is 1. The summed E-state index contributed by atoms with van der Waals surface area (Å²) in [6, 6.07) is 0. The summed E-state index contributed by atoms with van der Waals surface area (Å²) in [6.45, 7) is 1.95. The lowest BCUT2D eigenvalue weighted by atomic mass is 10.1. The van der Waals surface area contributed by atoms with Crippen LogP contribution in [-0.2, 0) is 9.47 Å². The summed E-state index contributed by atoms with van der Waals surface area (Å²) in [5.41, 5.74) is 0. The normalized spacial score (nSPS) is 45.8. The van der Waals surface area contributed by atoms with Crippen molar-refractivity contribution in [1.82, 2.24) is 0 Å². The van der Waals surface area contributed by atoms with Crippen LogP contribution in [0.25, 0.3) is 0 Å². The van der Waals surface area contributed by atoms with Gasteiger partial charge in [-0.3, -0.25) is 0 Å². The molecule has 0 aromatic rings. The van der Waals surface area contributed by atoms with Crippen LogP contribution in [0.5, 0.6) is 0 Å². The molecule has 4 atom stereocenters. The van der Waals surface area contributed by atoms with E-state index in [9.17, 15) is 5.11 Å². The van der Waals surface area contributed by atoms with Crippen LogP contribution in [0, 0.1) is 0 Å². The van der Waals surface area contributed by atoms with E-state index in [1.54, 1.807) is 7.11 Å². The van der Waals surface area contributed by atoms with Crippen molar-refractivity contribution in [3.8, 4) is 0 Å². The predicted octanol–water partition coefficient (Wildman–Crippen LogP) is 0.932. The van der Waals surface area contributed by atoms with Crippen LogP contribution >= 0.6 is 22.6 Å². The molecule has 1 fully saturated rings. The van der Waals surface area contributed by atoms with Crippen molar-refractivity contribution >= 4 is 22.6 Å². The molecular formula is C7H13IO3. The number of hydrogen-bond acceptors (Lipinski definition) is 3. The summed E-state index contributed by atoms with van der Waals surface area (Å²) in [6.07, 6.45) is 0.119. The average Bonchev–Trinajstić information content (AvgIpc) is 1.96. The maximum Gasteiger partial charge on any atom is 0.157 e. The van der Waals surface area contributed by atoms with E-state index in [0.29, 0.717) is 10.3 Å². The highest BCUT2D eigenvalue weighted by atomic mass is 127. The van der Waals surface area contributed by atoms with Crippen LogP contribution in [0.3, 0.4) is 0 Å². The first-order valence-corrected chi connectivity index (χ1v) is 4.90. The number of methoxy groups -OCH3 is 1. The Bertz CT molecular complexity index is 131. The van der Waals surface area contributed by atoms with E-state index >= 15 is 0 Å². The Morgan fingerprint density at radius 2 is 2.27 bits per heavy atom. The van der Waals surface area contributed by atoms with Crippen LogP contribution in [0.4, 0.5) is 0 Å². The number of alkyl halides is 1. The van der Waals surface area contributed by atoms with Crippen molar-refractivity contribution in [1.29, 1.82) is 0 Å². The molecule has 0 spiro atoms. The molecule has 0 aromatic carbocycles. The molecule has 1 saturated heterocycles. The zero-order chi connectivity index (χ0) is 8.43. The molecule has 1 rings (SSSR count). The van der Waals surface area contributed by atoms with Gasteiger partial charge in [0.15, 0.2) is 6.29 Å². The van der Waals surface area contributed by atoms with Gasteiger partial charge in [-0.15, -0.1) is 0 Å². The quantitative estimate of drug-likeness (QED) is 0.570. The lowest BCUT2D eigenvalue weighted by Crippen LogP contribution is -2.44. The highest BCUT2D eigenvalue weighted by Gasteiger charge is 2.33. The summed E-state index contributed by atoms with van der Waals surface area (Å²) < 4.78 is 10.7. The fraction of sp³-hybridized carbons (Fsp3) is 1.00. The zero-order valence-corrected chi connectivity index (χ0v) is 8.82. The fourth-order valence-electron chi connectivity index (χ4n) is 1.24. The summed E-state index contributed by atoms with van der Waals surface area (Å²) in [4.78, 5) is 0. The predicted molar refractivity (Wildman–Crippen MR) is 49.8 cm³/mol. The smallest absolute Gasteiger partial charge is 0.157 e. The zero-order valence-electron chi connectivity index (χ0n) is 6.66. The van der Waals surface area contributed by atoms with Gasteiger partial charge in [0.25, 0.3) is 0 Å². The fourth-order valence-corrected chi connectivity index (χ4v) is 1.99. The van der Waals surface area contributed by atoms with Crippen molar-refractivity contribution in [3.63, 3.8) is 0 Å². The van der Waals surface area contributed by atoms with E-state index in [-0.39, 0.29) is 12.2 Å². The molecule has 0 aliphatic carbocycles. The van der Waals surface area contributed by atoms with Gasteiger partial charge in [-0.25, -0.2) is 0 Å². The molecule has 0 bridgehead atoms. The summed E-state index contributed by atoms with van der Waals surface area (Å²) in [7, 11) is 1.67. The minimum Gasteiger partial charge on any atom is -0.380 e. The molecule has 3 nitrogen and oxygen atoms in total. The summed E-state index contributed by atoms with van der Waals surface area (Å²) in [5.74, 6) is 0. The van der Waals surface area contributed by atoms with Crippen LogP contribution in [-0.4, -0.2) is 34.6 Å². The number of hydrogen-bond donors (Lipinski definition) is 1. The second-order valence-electron chi connectivity index (χ2n) is 2.75. The van der Waals surface area contributed by atoms with Crippen molar-refractivity contribution in [2.75, 3.05) is 7.11 Å². The Morgan fingerprint density at radius 3 is 2.82 bits per heavy atom. The topological polar surface area (TPSA) is 38.7 Å². The van der Waals surface area contributed by atoms with E-state index in [0.717, 1.165) is 0 Å². The van der Waals surface area contributed by atoms with Crippen LogP contribution < -0.4 is 0 Å². The molecule has 11 heavy (non-hydrogen) atoms. The molecule has 1 unspecified atom stereocenters. The van der Waals surface area contributed by atoms with Gasteiger partial charge in [0.05, 0.1) is 16.1 Å². The number of ether oxygens (including phenoxy) is 2. The Balaban J connectivity index is 2.51. The number of rotatable bonds is 1. The molecule has 1 N–H and O–H groups in total. The summed E-state index contributed by atoms with van der Waals surface area (Å²) in [5, 5.41) is 9.19. The van der Waals surface area contributed by atoms with Gasteiger partial charge < -0.3 is 14.6 Å². The van der Waals surface area contributed by atoms with Crippen molar-refractivity contribution in [2.24, 2.45) is 0 Å². The molecule has 1 aliphatic rings. The minimum atomic E-state index is -0.652. The Labute approximate surface area is 80.2 Å². The van der Waals surface area contributed by atoms with E-state index in [1.807, 2.05) is 6.92 Å². The van der Waals surface area contributed by atoms with Crippen molar-refractivity contribution < 1.29 is 14.6 Å². The average molecular weight is 272 g/mol. The third-order valence-electron chi connectivity index (χ3n) is 1.91. The first kappa shape index (κ1) is 9.70. The SMILES string of the molecule is CO[C@H]1CC(O)O[C@@H](C)[C@@H]1I. The minimum absolute atomic E-state index is 0.0734. The second kappa shape index (κ2) is 4.02. The van der Waals surface area contributed by atoms with Gasteiger partial charge in [0.2, 0.25) is 0 Å². The molecule has 0 amide bonds. The Hall–Kier alpha value is 0.610. The molecule has 0 aromatic heterocycles. The molecule has 1 aliphatic heterocycles. The van der Waals surface area contributed by atoms with Gasteiger partial charge in [-0.1, -0.05) is 22.6 Å². The summed E-state index contributed by atoms with van der Waals surface area (Å²) >= 11 is 2.29. The molecule has 4 heteroatoms. The van der Waals surface area contributed by atoms with Gasteiger partial charge >= 0.3 is 0 Å². The van der Waals surface area contributed by atoms with Gasteiger partial charge in [-0.05, 0) is 6.92 Å². The standard InChI is InChI=1S/C7H13IO3/c1-4-7(8)5(10-2)3-6(9)11-4/h4-7,9H,3H2,1-2H3/t4-,5-,6?,7-/m0/s1.